The van der Waals surface area contributed by atoms with Gasteiger partial charge in [0.1, 0.15) is 0 Å². The average Bonchev–Trinajstić information content (AvgIpc) is 3.17. The molecular formula is C19H24ClN3O3. The number of rotatable bonds is 4. The molecule has 1 aliphatic rings. The first-order valence-electron chi connectivity index (χ1n) is 8.53. The van der Waals surface area contributed by atoms with Crippen molar-refractivity contribution in [1.82, 2.24) is 5.32 Å². The van der Waals surface area contributed by atoms with Gasteiger partial charge < -0.3 is 20.4 Å². The van der Waals surface area contributed by atoms with E-state index in [2.05, 4.69) is 5.32 Å². The second-order valence-corrected chi connectivity index (χ2v) is 6.44. The summed E-state index contributed by atoms with van der Waals surface area (Å²) in [5, 5.41) is 3.07. The Balaban J connectivity index is 0.00000243. The van der Waals surface area contributed by atoms with Gasteiger partial charge in [0.25, 0.3) is 11.8 Å². The van der Waals surface area contributed by atoms with Gasteiger partial charge in [-0.15, -0.1) is 12.4 Å². The molecule has 3 rings (SSSR count). The zero-order valence-corrected chi connectivity index (χ0v) is 15.5. The maximum absolute atomic E-state index is 12.7. The van der Waals surface area contributed by atoms with Crippen LogP contribution in [-0.4, -0.2) is 30.9 Å². The van der Waals surface area contributed by atoms with Crippen LogP contribution in [-0.2, 0) is 0 Å². The zero-order valence-electron chi connectivity index (χ0n) is 14.7. The molecule has 2 amide bonds. The lowest BCUT2D eigenvalue weighted by Gasteiger charge is -2.27. The highest BCUT2D eigenvalue weighted by atomic mass is 35.5. The standard InChI is InChI=1S/C19H23N3O3.ClH/c1-22(19(24)17-7-4-12-25-17)16-6-3-2-5-15(16)18(23)21-14-10-8-13(20)9-11-14;/h2-7,12-14H,8-11,20H2,1H3,(H,21,23);1H. The molecule has 2 aromatic rings. The number of carbonyl (C=O) groups is 2. The summed E-state index contributed by atoms with van der Waals surface area (Å²) in [4.78, 5) is 26.7. The van der Waals surface area contributed by atoms with Crippen molar-refractivity contribution in [3.05, 3.63) is 54.0 Å². The number of furan rings is 1. The molecule has 0 saturated heterocycles. The molecule has 3 N–H and O–H groups in total. The number of para-hydroxylation sites is 1. The van der Waals surface area contributed by atoms with E-state index in [0.29, 0.717) is 11.3 Å². The number of halogens is 1. The maximum atomic E-state index is 12.7. The first kappa shape index (κ1) is 20.0. The molecular weight excluding hydrogens is 354 g/mol. The Morgan fingerprint density at radius 1 is 1.12 bits per heavy atom. The van der Waals surface area contributed by atoms with Crippen LogP contribution in [0.2, 0.25) is 0 Å². The minimum atomic E-state index is -0.297. The number of benzene rings is 1. The molecule has 140 valence electrons. The molecule has 1 saturated carbocycles. The molecule has 6 nitrogen and oxygen atoms in total. The average molecular weight is 378 g/mol. The lowest BCUT2D eigenvalue weighted by Crippen LogP contribution is -2.41. The molecule has 1 aliphatic carbocycles. The van der Waals surface area contributed by atoms with E-state index in [-0.39, 0.29) is 42.1 Å². The van der Waals surface area contributed by atoms with Gasteiger partial charge in [-0.05, 0) is 49.9 Å². The molecule has 0 spiro atoms. The van der Waals surface area contributed by atoms with Crippen molar-refractivity contribution in [3.63, 3.8) is 0 Å². The highest BCUT2D eigenvalue weighted by Gasteiger charge is 2.24. The third kappa shape index (κ3) is 4.45. The van der Waals surface area contributed by atoms with E-state index in [1.165, 1.54) is 11.2 Å². The number of amides is 2. The van der Waals surface area contributed by atoms with Crippen molar-refractivity contribution < 1.29 is 14.0 Å². The topological polar surface area (TPSA) is 88.6 Å². The largest absolute Gasteiger partial charge is 0.459 e. The number of nitrogens with two attached hydrogens (primary N) is 1. The van der Waals surface area contributed by atoms with E-state index in [1.54, 1.807) is 43.4 Å². The predicted octanol–water partition coefficient (Wildman–Crippen LogP) is 2.98. The first-order valence-corrected chi connectivity index (χ1v) is 8.53. The Kier molecular flexibility index (Phi) is 6.83. The van der Waals surface area contributed by atoms with Gasteiger partial charge in [-0.3, -0.25) is 9.59 Å². The molecule has 0 unspecified atom stereocenters. The minimum Gasteiger partial charge on any atom is -0.459 e. The lowest BCUT2D eigenvalue weighted by molar-refractivity contribution is 0.0926. The number of nitrogens with one attached hydrogen (secondary N) is 1. The van der Waals surface area contributed by atoms with E-state index in [1.807, 2.05) is 0 Å². The number of anilines is 1. The van der Waals surface area contributed by atoms with Crippen LogP contribution in [0.15, 0.2) is 47.1 Å². The van der Waals surface area contributed by atoms with Gasteiger partial charge in [-0.1, -0.05) is 12.1 Å². The number of carbonyl (C=O) groups excluding carboxylic acids is 2. The van der Waals surface area contributed by atoms with Crippen LogP contribution in [0, 0.1) is 0 Å². The van der Waals surface area contributed by atoms with Crippen molar-refractivity contribution in [1.29, 1.82) is 0 Å². The van der Waals surface area contributed by atoms with Crippen LogP contribution in [0.4, 0.5) is 5.69 Å². The van der Waals surface area contributed by atoms with Crippen molar-refractivity contribution in [2.45, 2.75) is 37.8 Å². The molecule has 0 bridgehead atoms. The van der Waals surface area contributed by atoms with Gasteiger partial charge in [0.05, 0.1) is 17.5 Å². The smallest absolute Gasteiger partial charge is 0.293 e. The van der Waals surface area contributed by atoms with Crippen LogP contribution in [0.5, 0.6) is 0 Å². The second-order valence-electron chi connectivity index (χ2n) is 6.44. The third-order valence-electron chi connectivity index (χ3n) is 4.65. The van der Waals surface area contributed by atoms with E-state index in [0.717, 1.165) is 25.7 Å². The number of nitrogens with zero attached hydrogens (tertiary/aromatic N) is 1. The molecule has 0 radical (unpaired) electrons. The van der Waals surface area contributed by atoms with E-state index >= 15 is 0 Å². The summed E-state index contributed by atoms with van der Waals surface area (Å²) in [6, 6.07) is 10.7. The summed E-state index contributed by atoms with van der Waals surface area (Å²) < 4.78 is 5.17. The molecule has 7 heteroatoms. The van der Waals surface area contributed by atoms with Crippen LogP contribution in [0.1, 0.15) is 46.6 Å². The SMILES string of the molecule is CN(C(=O)c1ccco1)c1ccccc1C(=O)NC1CCC(N)CC1.Cl. The Labute approximate surface area is 159 Å². The van der Waals surface area contributed by atoms with Crippen LogP contribution >= 0.6 is 12.4 Å². The fourth-order valence-electron chi connectivity index (χ4n) is 3.16. The van der Waals surface area contributed by atoms with Crippen molar-refractivity contribution in [2.24, 2.45) is 5.73 Å². The van der Waals surface area contributed by atoms with Crippen molar-refractivity contribution >= 4 is 29.9 Å². The van der Waals surface area contributed by atoms with Gasteiger partial charge in [-0.25, -0.2) is 0 Å². The fraction of sp³-hybridized carbons (Fsp3) is 0.368. The molecule has 26 heavy (non-hydrogen) atoms. The summed E-state index contributed by atoms with van der Waals surface area (Å²) in [5.74, 6) is -0.233. The Morgan fingerprint density at radius 2 is 1.81 bits per heavy atom. The normalized spacial score (nSPS) is 19.3. The minimum absolute atomic E-state index is 0. The van der Waals surface area contributed by atoms with Gasteiger partial charge in [0.15, 0.2) is 5.76 Å². The Hall–Kier alpha value is -2.31. The maximum Gasteiger partial charge on any atom is 0.293 e. The van der Waals surface area contributed by atoms with Gasteiger partial charge in [-0.2, -0.15) is 0 Å². The van der Waals surface area contributed by atoms with Gasteiger partial charge >= 0.3 is 0 Å². The van der Waals surface area contributed by atoms with Crippen LogP contribution < -0.4 is 16.0 Å². The van der Waals surface area contributed by atoms with Gasteiger partial charge in [0.2, 0.25) is 0 Å². The summed E-state index contributed by atoms with van der Waals surface area (Å²) in [7, 11) is 1.64. The monoisotopic (exact) mass is 377 g/mol. The molecule has 1 aromatic carbocycles. The summed E-state index contributed by atoms with van der Waals surface area (Å²) in [6.07, 6.45) is 5.06. The summed E-state index contributed by atoms with van der Waals surface area (Å²) in [6.45, 7) is 0. The highest BCUT2D eigenvalue weighted by molar-refractivity contribution is 6.09. The number of hydrogen-bond donors (Lipinski definition) is 2. The van der Waals surface area contributed by atoms with Crippen LogP contribution in [0.25, 0.3) is 0 Å². The molecule has 1 aromatic heterocycles. The highest BCUT2D eigenvalue weighted by Crippen LogP contribution is 2.23. The van der Waals surface area contributed by atoms with E-state index < -0.39 is 0 Å². The van der Waals surface area contributed by atoms with Crippen molar-refractivity contribution in [3.8, 4) is 0 Å². The van der Waals surface area contributed by atoms with E-state index in [4.69, 9.17) is 10.2 Å². The molecule has 1 fully saturated rings. The molecule has 1 heterocycles. The van der Waals surface area contributed by atoms with E-state index in [9.17, 15) is 9.59 Å². The number of hydrogen-bond acceptors (Lipinski definition) is 4. The molecule has 0 aliphatic heterocycles. The van der Waals surface area contributed by atoms with Crippen LogP contribution in [0.3, 0.4) is 0 Å². The predicted molar refractivity (Wildman–Crippen MR) is 103 cm³/mol. The fourth-order valence-corrected chi connectivity index (χ4v) is 3.16. The van der Waals surface area contributed by atoms with Gasteiger partial charge in [0, 0.05) is 19.1 Å². The summed E-state index contributed by atoms with van der Waals surface area (Å²) >= 11 is 0. The lowest BCUT2D eigenvalue weighted by atomic mass is 9.91. The first-order chi connectivity index (χ1) is 12.1. The third-order valence-corrected chi connectivity index (χ3v) is 4.65. The van der Waals surface area contributed by atoms with Crippen molar-refractivity contribution in [2.75, 3.05) is 11.9 Å². The Morgan fingerprint density at radius 3 is 2.46 bits per heavy atom. The molecule has 0 atom stereocenters. The quantitative estimate of drug-likeness (QED) is 0.857. The second kappa shape index (κ2) is 8.87. The summed E-state index contributed by atoms with van der Waals surface area (Å²) in [5.41, 5.74) is 6.94. The zero-order chi connectivity index (χ0) is 17.8. The Bertz CT molecular complexity index is 740.